The lowest BCUT2D eigenvalue weighted by Gasteiger charge is -2.04. The van der Waals surface area contributed by atoms with Gasteiger partial charge < -0.3 is 5.32 Å². The van der Waals surface area contributed by atoms with Crippen molar-refractivity contribution in [3.8, 4) is 0 Å². The van der Waals surface area contributed by atoms with Crippen molar-refractivity contribution in [1.82, 2.24) is 20.5 Å². The Morgan fingerprint density at radius 3 is 2.62 bits per heavy atom. The van der Waals surface area contributed by atoms with Crippen LogP contribution in [0.4, 0.5) is 5.13 Å². The molecule has 0 spiro atoms. The minimum Gasteiger partial charge on any atom is -0.343 e. The van der Waals surface area contributed by atoms with Gasteiger partial charge in [-0.25, -0.2) is 0 Å². The lowest BCUT2D eigenvalue weighted by atomic mass is 10.2. The van der Waals surface area contributed by atoms with Gasteiger partial charge in [0.15, 0.2) is 4.34 Å². The van der Waals surface area contributed by atoms with Gasteiger partial charge >= 0.3 is 0 Å². The molecule has 4 aromatic rings. The topological polar surface area (TPSA) is 96.9 Å². The average Bonchev–Trinajstić information content (AvgIpc) is 3.19. The Hall–Kier alpha value is -3.30. The van der Waals surface area contributed by atoms with Crippen molar-refractivity contribution in [2.45, 2.75) is 9.24 Å². The van der Waals surface area contributed by atoms with Crippen molar-refractivity contribution in [3.63, 3.8) is 0 Å². The van der Waals surface area contributed by atoms with Gasteiger partial charge in [0, 0.05) is 22.0 Å². The molecule has 0 aliphatic heterocycles. The van der Waals surface area contributed by atoms with Gasteiger partial charge in [-0.05, 0) is 24.3 Å². The summed E-state index contributed by atoms with van der Waals surface area (Å²) in [6.07, 6.45) is 1.75. The molecule has 0 fully saturated rings. The van der Waals surface area contributed by atoms with Crippen LogP contribution in [-0.2, 0) is 4.79 Å². The second kappa shape index (κ2) is 8.80. The predicted molar refractivity (Wildman–Crippen MR) is 113 cm³/mol. The number of pyridine rings is 1. The molecule has 4 rings (SSSR count). The fraction of sp³-hybridized carbons (Fsp3) is 0.0500. The van der Waals surface area contributed by atoms with E-state index in [4.69, 9.17) is 0 Å². The number of amides is 2. The van der Waals surface area contributed by atoms with Crippen LogP contribution in [0.3, 0.4) is 0 Å². The summed E-state index contributed by atoms with van der Waals surface area (Å²) in [7, 11) is 0. The minimum absolute atomic E-state index is 0.148. The summed E-state index contributed by atoms with van der Waals surface area (Å²) in [6.45, 7) is -0.148. The quantitative estimate of drug-likeness (QED) is 0.462. The summed E-state index contributed by atoms with van der Waals surface area (Å²) >= 11 is 2.74. The van der Waals surface area contributed by atoms with Crippen molar-refractivity contribution in [2.24, 2.45) is 0 Å². The fourth-order valence-corrected chi connectivity index (χ4v) is 4.42. The van der Waals surface area contributed by atoms with E-state index in [-0.39, 0.29) is 18.4 Å². The molecule has 0 bridgehead atoms. The normalized spacial score (nSPS) is 10.6. The molecule has 2 aromatic heterocycles. The van der Waals surface area contributed by atoms with Gasteiger partial charge in [-0.15, -0.1) is 10.2 Å². The lowest BCUT2D eigenvalue weighted by molar-refractivity contribution is -0.115. The average molecular weight is 422 g/mol. The van der Waals surface area contributed by atoms with E-state index in [0.29, 0.717) is 15.0 Å². The number of anilines is 1. The Kier molecular flexibility index (Phi) is 5.78. The van der Waals surface area contributed by atoms with Crippen molar-refractivity contribution >= 4 is 50.9 Å². The smallest absolute Gasteiger partial charge is 0.251 e. The highest BCUT2D eigenvalue weighted by atomic mass is 32.2. The molecule has 9 heteroatoms. The number of nitrogens with zero attached hydrogens (tertiary/aromatic N) is 3. The molecule has 0 unspecified atom stereocenters. The molecule has 0 saturated carbocycles. The minimum atomic E-state index is -0.364. The molecule has 0 aliphatic carbocycles. The van der Waals surface area contributed by atoms with Gasteiger partial charge in [-0.2, -0.15) is 0 Å². The molecular formula is C20H15N5O2S2. The maximum Gasteiger partial charge on any atom is 0.251 e. The first kappa shape index (κ1) is 19.0. The highest BCUT2D eigenvalue weighted by molar-refractivity contribution is 8.01. The second-order valence-corrected chi connectivity index (χ2v) is 8.16. The molecule has 0 atom stereocenters. The van der Waals surface area contributed by atoms with Crippen LogP contribution in [0, 0.1) is 0 Å². The first-order valence-corrected chi connectivity index (χ1v) is 10.3. The highest BCUT2D eigenvalue weighted by Crippen LogP contribution is 2.35. The monoisotopic (exact) mass is 421 g/mol. The number of para-hydroxylation sites is 1. The molecule has 7 nitrogen and oxygen atoms in total. The SMILES string of the molecule is O=C(CNC(=O)c1ccccc1)Nc1nnc(Sc2ccnc3ccccc23)s1. The molecule has 2 heterocycles. The van der Waals surface area contributed by atoms with E-state index in [1.807, 2.05) is 36.4 Å². The Morgan fingerprint density at radius 1 is 0.966 bits per heavy atom. The summed E-state index contributed by atoms with van der Waals surface area (Å²) < 4.78 is 0.699. The summed E-state index contributed by atoms with van der Waals surface area (Å²) in [5.74, 6) is -0.671. The number of nitrogens with one attached hydrogen (secondary N) is 2. The molecule has 2 aromatic carbocycles. The molecule has 2 N–H and O–H groups in total. The van der Waals surface area contributed by atoms with E-state index in [0.717, 1.165) is 15.8 Å². The van der Waals surface area contributed by atoms with Crippen LogP contribution in [-0.4, -0.2) is 33.5 Å². The van der Waals surface area contributed by atoms with E-state index in [1.54, 1.807) is 30.5 Å². The van der Waals surface area contributed by atoms with E-state index in [9.17, 15) is 9.59 Å². The van der Waals surface area contributed by atoms with E-state index in [2.05, 4.69) is 25.8 Å². The number of carbonyl (C=O) groups excluding carboxylic acids is 2. The van der Waals surface area contributed by atoms with Crippen molar-refractivity contribution in [1.29, 1.82) is 0 Å². The number of hydrogen-bond donors (Lipinski definition) is 2. The van der Waals surface area contributed by atoms with Crippen LogP contribution >= 0.6 is 23.1 Å². The first-order chi connectivity index (χ1) is 14.2. The van der Waals surface area contributed by atoms with E-state index in [1.165, 1.54) is 23.1 Å². The standard InChI is InChI=1S/C20H15N5O2S2/c26-17(12-22-18(27)13-6-2-1-3-7-13)23-19-24-25-20(29-19)28-16-10-11-21-15-9-5-4-8-14(15)16/h1-11H,12H2,(H,22,27)(H,23,24,26). The molecule has 0 radical (unpaired) electrons. The maximum atomic E-state index is 12.1. The molecule has 0 saturated heterocycles. The second-order valence-electron chi connectivity index (χ2n) is 5.90. The Bertz CT molecular complexity index is 1160. The van der Waals surface area contributed by atoms with Crippen LogP contribution in [0.15, 0.2) is 76.1 Å². The Labute approximate surface area is 174 Å². The zero-order valence-corrected chi connectivity index (χ0v) is 16.7. The van der Waals surface area contributed by atoms with Gasteiger partial charge in [-0.3, -0.25) is 19.9 Å². The molecule has 0 aliphatic rings. The van der Waals surface area contributed by atoms with Crippen LogP contribution in [0.2, 0.25) is 0 Å². The summed E-state index contributed by atoms with van der Waals surface area (Å²) in [4.78, 5) is 29.4. The van der Waals surface area contributed by atoms with Gasteiger partial charge in [-0.1, -0.05) is 59.5 Å². The predicted octanol–water partition coefficient (Wildman–Crippen LogP) is 3.61. The zero-order chi connectivity index (χ0) is 20.1. The third-order valence-corrected chi connectivity index (χ3v) is 5.87. The van der Waals surface area contributed by atoms with Crippen LogP contribution in [0.1, 0.15) is 10.4 Å². The van der Waals surface area contributed by atoms with Gasteiger partial charge in [0.05, 0.1) is 12.1 Å². The summed E-state index contributed by atoms with van der Waals surface area (Å²) in [5.41, 5.74) is 1.41. The van der Waals surface area contributed by atoms with Crippen LogP contribution < -0.4 is 10.6 Å². The first-order valence-electron chi connectivity index (χ1n) is 8.67. The number of hydrogen-bond acceptors (Lipinski definition) is 7. The number of benzene rings is 2. The molecule has 144 valence electrons. The summed E-state index contributed by atoms with van der Waals surface area (Å²) in [6, 6.07) is 18.5. The number of carbonyl (C=O) groups is 2. The van der Waals surface area contributed by atoms with Crippen LogP contribution in [0.5, 0.6) is 0 Å². The summed E-state index contributed by atoms with van der Waals surface area (Å²) in [5, 5.41) is 14.8. The Morgan fingerprint density at radius 2 is 1.76 bits per heavy atom. The largest absolute Gasteiger partial charge is 0.343 e. The van der Waals surface area contributed by atoms with E-state index < -0.39 is 0 Å². The van der Waals surface area contributed by atoms with Gasteiger partial charge in [0.1, 0.15) is 0 Å². The van der Waals surface area contributed by atoms with Crippen molar-refractivity contribution in [3.05, 3.63) is 72.4 Å². The molecule has 29 heavy (non-hydrogen) atoms. The third-order valence-electron chi connectivity index (χ3n) is 3.90. The van der Waals surface area contributed by atoms with Crippen molar-refractivity contribution < 1.29 is 9.59 Å². The third kappa shape index (κ3) is 4.76. The number of fused-ring (bicyclic) bond motifs is 1. The number of aromatic nitrogens is 3. The van der Waals surface area contributed by atoms with Crippen molar-refractivity contribution in [2.75, 3.05) is 11.9 Å². The van der Waals surface area contributed by atoms with Gasteiger partial charge in [0.25, 0.3) is 5.91 Å². The maximum absolute atomic E-state index is 12.1. The van der Waals surface area contributed by atoms with Gasteiger partial charge in [0.2, 0.25) is 11.0 Å². The fourth-order valence-electron chi connectivity index (χ4n) is 2.57. The Balaban J connectivity index is 1.35. The highest BCUT2D eigenvalue weighted by Gasteiger charge is 2.12. The number of rotatable bonds is 6. The zero-order valence-electron chi connectivity index (χ0n) is 15.0. The lowest BCUT2D eigenvalue weighted by Crippen LogP contribution is -2.32. The van der Waals surface area contributed by atoms with Crippen LogP contribution in [0.25, 0.3) is 10.9 Å². The van der Waals surface area contributed by atoms with E-state index >= 15 is 0 Å². The molecular weight excluding hydrogens is 406 g/mol. The molecule has 2 amide bonds.